The van der Waals surface area contributed by atoms with Crippen LogP contribution in [0.3, 0.4) is 0 Å². The van der Waals surface area contributed by atoms with Gasteiger partial charge in [0.1, 0.15) is 5.75 Å². The van der Waals surface area contributed by atoms with Crippen molar-refractivity contribution in [2.75, 3.05) is 0 Å². The highest BCUT2D eigenvalue weighted by Crippen LogP contribution is 2.26. The molecule has 0 aromatic heterocycles. The first-order valence-corrected chi connectivity index (χ1v) is 4.87. The molecule has 2 rings (SSSR count). The van der Waals surface area contributed by atoms with Crippen molar-refractivity contribution in [3.05, 3.63) is 35.4 Å². The lowest BCUT2D eigenvalue weighted by Gasteiger charge is -2.12. The number of carbonyl (C=O) groups is 1. The maximum atomic E-state index is 10.8. The molecule has 1 heterocycles. The number of fused-ring (bicyclic) bond motifs is 1. The fourth-order valence-electron chi connectivity index (χ4n) is 1.57. The molecule has 0 bridgehead atoms. The van der Waals surface area contributed by atoms with Gasteiger partial charge >= 0.3 is 5.97 Å². The first-order valence-electron chi connectivity index (χ1n) is 4.87. The Labute approximate surface area is 88.0 Å². The molecule has 0 fully saturated rings. The summed E-state index contributed by atoms with van der Waals surface area (Å²) in [6, 6.07) is 4.91. The summed E-state index contributed by atoms with van der Waals surface area (Å²) in [4.78, 5) is 10.8. The molecule has 0 saturated heterocycles. The number of carboxylic acid groups (broad SMARTS) is 1. The Balaban J connectivity index is 2.43. The van der Waals surface area contributed by atoms with Crippen molar-refractivity contribution < 1.29 is 14.6 Å². The molecule has 0 aliphatic carbocycles. The van der Waals surface area contributed by atoms with Gasteiger partial charge in [0.15, 0.2) is 0 Å². The first-order chi connectivity index (χ1) is 7.16. The molecular formula is C12H12O3. The van der Waals surface area contributed by atoms with E-state index in [-0.39, 0.29) is 11.7 Å². The highest BCUT2D eigenvalue weighted by Gasteiger charge is 2.12. The van der Waals surface area contributed by atoms with Gasteiger partial charge < -0.3 is 9.84 Å². The van der Waals surface area contributed by atoms with E-state index in [0.717, 1.165) is 17.7 Å². The molecule has 3 nitrogen and oxygen atoms in total. The third-order valence-corrected chi connectivity index (χ3v) is 2.35. The third-order valence-electron chi connectivity index (χ3n) is 2.35. The average Bonchev–Trinajstić information content (AvgIpc) is 2.37. The SMILES string of the molecule is CC1CC=Cc2cc(C(=O)O)ccc2O1. The van der Waals surface area contributed by atoms with E-state index in [1.165, 1.54) is 0 Å². The number of rotatable bonds is 1. The molecule has 1 unspecified atom stereocenters. The van der Waals surface area contributed by atoms with Crippen molar-refractivity contribution in [2.24, 2.45) is 0 Å². The molecule has 1 aromatic carbocycles. The van der Waals surface area contributed by atoms with Gasteiger partial charge in [-0.15, -0.1) is 0 Å². The van der Waals surface area contributed by atoms with Crippen LogP contribution in [0, 0.1) is 0 Å². The Morgan fingerprint density at radius 1 is 1.53 bits per heavy atom. The van der Waals surface area contributed by atoms with Gasteiger partial charge in [-0.2, -0.15) is 0 Å². The van der Waals surface area contributed by atoms with Gasteiger partial charge in [0, 0.05) is 12.0 Å². The summed E-state index contributed by atoms with van der Waals surface area (Å²) in [7, 11) is 0. The van der Waals surface area contributed by atoms with Crippen LogP contribution in [0.4, 0.5) is 0 Å². The van der Waals surface area contributed by atoms with E-state index >= 15 is 0 Å². The second-order valence-corrected chi connectivity index (χ2v) is 3.62. The lowest BCUT2D eigenvalue weighted by Crippen LogP contribution is -2.09. The molecule has 3 heteroatoms. The van der Waals surface area contributed by atoms with E-state index in [2.05, 4.69) is 0 Å². The van der Waals surface area contributed by atoms with Gasteiger partial charge in [-0.05, 0) is 25.1 Å². The van der Waals surface area contributed by atoms with Crippen LogP contribution in [0.2, 0.25) is 0 Å². The van der Waals surface area contributed by atoms with E-state index in [1.54, 1.807) is 18.2 Å². The second-order valence-electron chi connectivity index (χ2n) is 3.62. The van der Waals surface area contributed by atoms with Crippen LogP contribution in [0.25, 0.3) is 6.08 Å². The Morgan fingerprint density at radius 3 is 3.07 bits per heavy atom. The molecule has 1 N–H and O–H groups in total. The summed E-state index contributed by atoms with van der Waals surface area (Å²) in [5.41, 5.74) is 1.12. The van der Waals surface area contributed by atoms with Crippen LogP contribution in [0.1, 0.15) is 29.3 Å². The number of hydrogen-bond acceptors (Lipinski definition) is 2. The maximum absolute atomic E-state index is 10.8. The molecule has 1 aromatic rings. The predicted molar refractivity (Wildman–Crippen MR) is 57.1 cm³/mol. The number of hydrogen-bond donors (Lipinski definition) is 1. The summed E-state index contributed by atoms with van der Waals surface area (Å²) in [6.45, 7) is 1.99. The molecular weight excluding hydrogens is 192 g/mol. The van der Waals surface area contributed by atoms with Crippen molar-refractivity contribution in [2.45, 2.75) is 19.4 Å². The molecule has 15 heavy (non-hydrogen) atoms. The number of benzene rings is 1. The lowest BCUT2D eigenvalue weighted by molar-refractivity contribution is 0.0697. The Bertz CT molecular complexity index is 421. The maximum Gasteiger partial charge on any atom is 0.335 e. The summed E-state index contributed by atoms with van der Waals surface area (Å²) in [6.07, 6.45) is 4.89. The van der Waals surface area contributed by atoms with Gasteiger partial charge in [-0.25, -0.2) is 4.79 Å². The van der Waals surface area contributed by atoms with Crippen molar-refractivity contribution in [3.8, 4) is 5.75 Å². The van der Waals surface area contributed by atoms with Crippen LogP contribution in [0.5, 0.6) is 5.75 Å². The van der Waals surface area contributed by atoms with Gasteiger partial charge in [-0.3, -0.25) is 0 Å². The van der Waals surface area contributed by atoms with E-state index in [0.29, 0.717) is 0 Å². The quantitative estimate of drug-likeness (QED) is 0.764. The molecule has 78 valence electrons. The number of ether oxygens (including phenoxy) is 1. The fraction of sp³-hybridized carbons (Fsp3) is 0.250. The minimum atomic E-state index is -0.913. The monoisotopic (exact) mass is 204 g/mol. The van der Waals surface area contributed by atoms with Gasteiger partial charge in [-0.1, -0.05) is 12.2 Å². The van der Waals surface area contributed by atoms with E-state index in [1.807, 2.05) is 19.1 Å². The summed E-state index contributed by atoms with van der Waals surface area (Å²) in [5.74, 6) is -0.162. The zero-order valence-corrected chi connectivity index (χ0v) is 8.43. The first kappa shape index (κ1) is 9.77. The summed E-state index contributed by atoms with van der Waals surface area (Å²) in [5, 5.41) is 8.84. The third kappa shape index (κ3) is 2.01. The minimum Gasteiger partial charge on any atom is -0.490 e. The molecule has 1 aliphatic rings. The molecule has 1 aliphatic heterocycles. The Kier molecular flexibility index (Phi) is 2.46. The van der Waals surface area contributed by atoms with Crippen LogP contribution in [-0.2, 0) is 0 Å². The molecule has 1 atom stereocenters. The van der Waals surface area contributed by atoms with Crippen molar-refractivity contribution >= 4 is 12.0 Å². The molecule has 0 spiro atoms. The van der Waals surface area contributed by atoms with E-state index < -0.39 is 5.97 Å². The topological polar surface area (TPSA) is 46.5 Å². The molecule has 0 saturated carbocycles. The number of carboxylic acids is 1. The lowest BCUT2D eigenvalue weighted by atomic mass is 10.1. The highest BCUT2D eigenvalue weighted by atomic mass is 16.5. The van der Waals surface area contributed by atoms with E-state index in [4.69, 9.17) is 9.84 Å². The predicted octanol–water partition coefficient (Wildman–Crippen LogP) is 2.57. The van der Waals surface area contributed by atoms with Gasteiger partial charge in [0.2, 0.25) is 0 Å². The van der Waals surface area contributed by atoms with Crippen LogP contribution < -0.4 is 4.74 Å². The van der Waals surface area contributed by atoms with Crippen LogP contribution in [-0.4, -0.2) is 17.2 Å². The second kappa shape index (κ2) is 3.77. The largest absolute Gasteiger partial charge is 0.490 e. The van der Waals surface area contributed by atoms with Crippen molar-refractivity contribution in [1.82, 2.24) is 0 Å². The Morgan fingerprint density at radius 2 is 2.33 bits per heavy atom. The standard InChI is InChI=1S/C12H12O3/c1-8-3-2-4-9-7-10(12(13)14)5-6-11(9)15-8/h2,4-8H,3H2,1H3,(H,13,14). The smallest absolute Gasteiger partial charge is 0.335 e. The zero-order chi connectivity index (χ0) is 10.8. The van der Waals surface area contributed by atoms with Crippen molar-refractivity contribution in [3.63, 3.8) is 0 Å². The number of aromatic carboxylic acids is 1. The zero-order valence-electron chi connectivity index (χ0n) is 8.43. The van der Waals surface area contributed by atoms with Crippen LogP contribution in [0.15, 0.2) is 24.3 Å². The van der Waals surface area contributed by atoms with Gasteiger partial charge in [0.25, 0.3) is 0 Å². The molecule has 0 amide bonds. The highest BCUT2D eigenvalue weighted by molar-refractivity contribution is 5.89. The molecule has 0 radical (unpaired) electrons. The summed E-state index contributed by atoms with van der Waals surface area (Å²) >= 11 is 0. The average molecular weight is 204 g/mol. The van der Waals surface area contributed by atoms with Crippen LogP contribution >= 0.6 is 0 Å². The summed E-state index contributed by atoms with van der Waals surface area (Å²) < 4.78 is 5.64. The fourth-order valence-corrected chi connectivity index (χ4v) is 1.57. The Hall–Kier alpha value is -1.77. The van der Waals surface area contributed by atoms with Gasteiger partial charge in [0.05, 0.1) is 11.7 Å². The van der Waals surface area contributed by atoms with Crippen molar-refractivity contribution in [1.29, 1.82) is 0 Å². The van der Waals surface area contributed by atoms with E-state index in [9.17, 15) is 4.79 Å². The minimum absolute atomic E-state index is 0.137. The normalized spacial score (nSPS) is 18.9.